The fraction of sp³-hybridized carbons (Fsp3) is 0.652. The molecule has 2 aliphatic rings. The smallest absolute Gasteiger partial charge is 0.341 e. The number of aliphatic carboxylic acids is 1. The van der Waals surface area contributed by atoms with E-state index in [4.69, 9.17) is 9.47 Å². The lowest BCUT2D eigenvalue weighted by molar-refractivity contribution is -0.944. The third kappa shape index (κ3) is 5.67. The van der Waals surface area contributed by atoms with Crippen molar-refractivity contribution in [3.8, 4) is 5.75 Å². The molecule has 1 aromatic carbocycles. The SMILES string of the molecule is COc1ccc(C(C[N+](C)(C)C2OC(C(=O)O)C(=O)C(O)C2O)C2(O)CCCCC2)cc1.[Cl-]. The quantitative estimate of drug-likeness (QED) is 0.248. The molecule has 1 saturated carbocycles. The first-order valence-electron chi connectivity index (χ1n) is 11.0. The number of benzene rings is 1. The Bertz CT molecular complexity index is 824. The minimum Gasteiger partial charge on any atom is -1.00 e. The Kier molecular flexibility index (Phi) is 8.89. The first-order chi connectivity index (χ1) is 15.0. The van der Waals surface area contributed by atoms with Crippen molar-refractivity contribution in [1.82, 2.24) is 0 Å². The number of hydrogen-bond donors (Lipinski definition) is 4. The molecule has 0 aromatic heterocycles. The molecule has 186 valence electrons. The first kappa shape index (κ1) is 27.5. The lowest BCUT2D eigenvalue weighted by Crippen LogP contribution is -3.00. The van der Waals surface area contributed by atoms with Crippen molar-refractivity contribution in [3.05, 3.63) is 29.8 Å². The zero-order chi connectivity index (χ0) is 23.7. The van der Waals surface area contributed by atoms with Gasteiger partial charge in [0.25, 0.3) is 0 Å². The third-order valence-corrected chi connectivity index (χ3v) is 6.89. The average molecular weight is 488 g/mol. The number of rotatable bonds is 7. The molecule has 0 spiro atoms. The van der Waals surface area contributed by atoms with E-state index in [1.54, 1.807) is 21.2 Å². The van der Waals surface area contributed by atoms with Gasteiger partial charge in [-0.05, 0) is 30.5 Å². The van der Waals surface area contributed by atoms with Gasteiger partial charge in [-0.2, -0.15) is 0 Å². The Labute approximate surface area is 199 Å². The summed E-state index contributed by atoms with van der Waals surface area (Å²) in [6.45, 7) is 0.289. The molecule has 1 heterocycles. The largest absolute Gasteiger partial charge is 1.00 e. The standard InChI is InChI=1S/C23H33NO8.ClH/c1-24(2,21-19(27)17(25)18(26)20(32-21)22(28)29)13-16(23(30)11-5-4-6-12-23)14-7-9-15(31-3)10-8-14;/h7-10,16-17,19-21,25,27,30H,4-6,11-13H2,1-3H3;1H. The van der Waals surface area contributed by atoms with Crippen LogP contribution in [0.3, 0.4) is 0 Å². The molecular formula is C23H34ClNO8. The highest BCUT2D eigenvalue weighted by Gasteiger charge is 2.54. The summed E-state index contributed by atoms with van der Waals surface area (Å²) in [6.07, 6.45) is -2.39. The van der Waals surface area contributed by atoms with Crippen molar-refractivity contribution in [2.75, 3.05) is 27.7 Å². The van der Waals surface area contributed by atoms with E-state index in [2.05, 4.69) is 0 Å². The van der Waals surface area contributed by atoms with Gasteiger partial charge in [0.1, 0.15) is 11.9 Å². The molecule has 4 N–H and O–H groups in total. The van der Waals surface area contributed by atoms with E-state index >= 15 is 0 Å². The molecule has 1 aromatic rings. The van der Waals surface area contributed by atoms with Crippen molar-refractivity contribution in [2.45, 2.75) is 68.2 Å². The van der Waals surface area contributed by atoms with Gasteiger partial charge in [-0.25, -0.2) is 4.79 Å². The van der Waals surface area contributed by atoms with Gasteiger partial charge >= 0.3 is 5.97 Å². The van der Waals surface area contributed by atoms with Crippen molar-refractivity contribution in [2.24, 2.45) is 0 Å². The number of aliphatic hydroxyl groups is 3. The average Bonchev–Trinajstić information content (AvgIpc) is 2.76. The minimum atomic E-state index is -1.86. The summed E-state index contributed by atoms with van der Waals surface area (Å²) in [7, 11) is 5.05. The van der Waals surface area contributed by atoms with Gasteiger partial charge in [0.2, 0.25) is 18.1 Å². The molecule has 3 rings (SSSR count). The number of Topliss-reactive ketones (excluding diaryl/α,β-unsaturated/α-hetero) is 1. The molecule has 0 bridgehead atoms. The molecule has 33 heavy (non-hydrogen) atoms. The lowest BCUT2D eigenvalue weighted by atomic mass is 9.72. The van der Waals surface area contributed by atoms with Gasteiger partial charge in [-0.15, -0.1) is 0 Å². The Morgan fingerprint density at radius 2 is 1.76 bits per heavy atom. The molecule has 2 fully saturated rings. The van der Waals surface area contributed by atoms with Crippen molar-refractivity contribution >= 4 is 11.8 Å². The number of hydrogen-bond acceptors (Lipinski definition) is 7. The number of carboxylic acid groups (broad SMARTS) is 1. The molecule has 1 saturated heterocycles. The van der Waals surface area contributed by atoms with Gasteiger partial charge < -0.3 is 46.8 Å². The number of carbonyl (C=O) groups excluding carboxylic acids is 1. The number of aliphatic hydroxyl groups excluding tert-OH is 2. The number of nitrogens with zero attached hydrogens (tertiary/aromatic N) is 1. The van der Waals surface area contributed by atoms with Crippen molar-refractivity contribution < 1.29 is 56.4 Å². The van der Waals surface area contributed by atoms with Crippen LogP contribution in [0.15, 0.2) is 24.3 Å². The monoisotopic (exact) mass is 487 g/mol. The van der Waals surface area contributed by atoms with Gasteiger partial charge in [-0.1, -0.05) is 31.4 Å². The maximum atomic E-state index is 12.1. The van der Waals surface area contributed by atoms with Crippen molar-refractivity contribution in [3.63, 3.8) is 0 Å². The van der Waals surface area contributed by atoms with Crippen LogP contribution in [-0.2, 0) is 14.3 Å². The van der Waals surface area contributed by atoms with E-state index in [0.29, 0.717) is 18.6 Å². The van der Waals surface area contributed by atoms with Crippen LogP contribution in [0.25, 0.3) is 0 Å². The molecule has 1 aliphatic heterocycles. The number of quaternary nitrogens is 1. The highest BCUT2D eigenvalue weighted by molar-refractivity contribution is 6.04. The molecule has 10 heteroatoms. The molecule has 0 amide bonds. The van der Waals surface area contributed by atoms with Crippen LogP contribution in [0.5, 0.6) is 5.75 Å². The second-order valence-corrected chi connectivity index (χ2v) is 9.53. The Hall–Kier alpha value is -1.75. The zero-order valence-electron chi connectivity index (χ0n) is 19.2. The topological polar surface area (TPSA) is 134 Å². The Morgan fingerprint density at radius 3 is 2.27 bits per heavy atom. The molecular weight excluding hydrogens is 454 g/mol. The molecule has 5 atom stereocenters. The first-order valence-corrected chi connectivity index (χ1v) is 11.0. The number of carboxylic acids is 1. The predicted molar refractivity (Wildman–Crippen MR) is 114 cm³/mol. The summed E-state index contributed by atoms with van der Waals surface area (Å²) < 4.78 is 10.7. The van der Waals surface area contributed by atoms with E-state index in [0.717, 1.165) is 24.8 Å². The number of methoxy groups -OCH3 is 1. The van der Waals surface area contributed by atoms with E-state index in [9.17, 15) is 30.0 Å². The maximum absolute atomic E-state index is 12.1. The number of carbonyl (C=O) groups is 2. The lowest BCUT2D eigenvalue weighted by Gasteiger charge is -2.48. The highest BCUT2D eigenvalue weighted by atomic mass is 35.5. The van der Waals surface area contributed by atoms with Crippen LogP contribution < -0.4 is 17.1 Å². The predicted octanol–water partition coefficient (Wildman–Crippen LogP) is -2.35. The number of ketones is 1. The molecule has 5 unspecified atom stereocenters. The van der Waals surface area contributed by atoms with Gasteiger partial charge in [0.05, 0.1) is 39.3 Å². The minimum absolute atomic E-state index is 0. The van der Waals surface area contributed by atoms with Gasteiger partial charge in [-0.3, -0.25) is 4.79 Å². The number of likely N-dealkylation sites (N-methyl/N-ethyl adjacent to an activating group) is 1. The van der Waals surface area contributed by atoms with Crippen LogP contribution >= 0.6 is 0 Å². The van der Waals surface area contributed by atoms with Crippen LogP contribution in [0.2, 0.25) is 0 Å². The molecule has 0 radical (unpaired) electrons. The normalized spacial score (nSPS) is 28.5. The second kappa shape index (κ2) is 10.7. The fourth-order valence-electron chi connectivity index (χ4n) is 5.03. The van der Waals surface area contributed by atoms with Crippen LogP contribution in [0, 0.1) is 0 Å². The van der Waals surface area contributed by atoms with Crippen LogP contribution in [0.4, 0.5) is 0 Å². The summed E-state index contributed by atoms with van der Waals surface area (Å²) in [4.78, 5) is 23.6. The molecule has 1 aliphatic carbocycles. The summed E-state index contributed by atoms with van der Waals surface area (Å²) >= 11 is 0. The summed E-state index contributed by atoms with van der Waals surface area (Å²) in [5.41, 5.74) is -0.0964. The summed E-state index contributed by atoms with van der Waals surface area (Å²) in [5, 5.41) is 41.8. The number of halogens is 1. The fourth-order valence-corrected chi connectivity index (χ4v) is 5.03. The van der Waals surface area contributed by atoms with Gasteiger partial charge in [0.15, 0.2) is 6.10 Å². The Morgan fingerprint density at radius 1 is 1.18 bits per heavy atom. The summed E-state index contributed by atoms with van der Waals surface area (Å²) in [6, 6.07) is 7.44. The van der Waals surface area contributed by atoms with E-state index in [1.807, 2.05) is 24.3 Å². The van der Waals surface area contributed by atoms with E-state index in [1.165, 1.54) is 0 Å². The van der Waals surface area contributed by atoms with E-state index in [-0.39, 0.29) is 29.4 Å². The summed E-state index contributed by atoms with van der Waals surface area (Å²) in [5.74, 6) is -2.24. The Balaban J connectivity index is 0.00000385. The maximum Gasteiger partial charge on any atom is 0.341 e. The highest BCUT2D eigenvalue weighted by Crippen LogP contribution is 2.42. The second-order valence-electron chi connectivity index (χ2n) is 9.53. The molecule has 9 nitrogen and oxygen atoms in total. The van der Waals surface area contributed by atoms with Crippen LogP contribution in [0.1, 0.15) is 43.6 Å². The van der Waals surface area contributed by atoms with Gasteiger partial charge in [0, 0.05) is 0 Å². The van der Waals surface area contributed by atoms with Crippen LogP contribution in [-0.4, -0.2) is 94.6 Å². The zero-order valence-corrected chi connectivity index (χ0v) is 19.9. The van der Waals surface area contributed by atoms with E-state index < -0.39 is 41.9 Å². The number of ether oxygens (including phenoxy) is 2. The van der Waals surface area contributed by atoms with Crippen molar-refractivity contribution in [1.29, 1.82) is 0 Å². The third-order valence-electron chi connectivity index (χ3n) is 6.89.